The molecule has 0 saturated heterocycles. The van der Waals surface area contributed by atoms with Crippen LogP contribution in [0.4, 0.5) is 10.1 Å². The number of methoxy groups -OCH3 is 1. The van der Waals surface area contributed by atoms with Crippen molar-refractivity contribution < 1.29 is 13.9 Å². The molecule has 130 valence electrons. The summed E-state index contributed by atoms with van der Waals surface area (Å²) in [5, 5.41) is 4.10. The summed E-state index contributed by atoms with van der Waals surface area (Å²) in [6.45, 7) is 3.64. The second-order valence-corrected chi connectivity index (χ2v) is 6.73. The van der Waals surface area contributed by atoms with Gasteiger partial charge in [-0.2, -0.15) is 0 Å². The molecule has 3 rings (SSSR count). The van der Waals surface area contributed by atoms with Crippen molar-refractivity contribution in [3.05, 3.63) is 59.0 Å². The fourth-order valence-electron chi connectivity index (χ4n) is 2.77. The Morgan fingerprint density at radius 3 is 2.68 bits per heavy atom. The number of anilines is 1. The Kier molecular flexibility index (Phi) is 4.43. The molecule has 0 unspecified atom stereocenters. The summed E-state index contributed by atoms with van der Waals surface area (Å²) in [4.78, 5) is 15.9. The number of H-pyrrole nitrogens is 1. The molecule has 0 aliphatic carbocycles. The van der Waals surface area contributed by atoms with Crippen LogP contribution in [0.1, 0.15) is 19.4 Å². The number of benzene rings is 2. The minimum atomic E-state index is -0.831. The van der Waals surface area contributed by atoms with Gasteiger partial charge in [-0.05, 0) is 55.8 Å². The molecule has 1 heterocycles. The quantitative estimate of drug-likeness (QED) is 0.696. The van der Waals surface area contributed by atoms with Crippen molar-refractivity contribution in [1.29, 1.82) is 0 Å². The van der Waals surface area contributed by atoms with Crippen molar-refractivity contribution >= 4 is 34.1 Å². The number of nitrogens with one attached hydrogen (secondary N) is 2. The molecule has 2 aromatic carbocycles. The van der Waals surface area contributed by atoms with Gasteiger partial charge in [0.15, 0.2) is 0 Å². The van der Waals surface area contributed by atoms with Crippen molar-refractivity contribution in [2.75, 3.05) is 12.4 Å². The molecule has 0 radical (unpaired) electrons. The number of aromatic amines is 1. The van der Waals surface area contributed by atoms with Crippen LogP contribution in [0.2, 0.25) is 5.02 Å². The lowest BCUT2D eigenvalue weighted by Gasteiger charge is -2.23. The van der Waals surface area contributed by atoms with Crippen LogP contribution in [0, 0.1) is 5.82 Å². The number of ether oxygens (including phenoxy) is 1. The van der Waals surface area contributed by atoms with Gasteiger partial charge in [0.2, 0.25) is 5.91 Å². The van der Waals surface area contributed by atoms with E-state index in [1.54, 1.807) is 30.5 Å². The van der Waals surface area contributed by atoms with Gasteiger partial charge < -0.3 is 15.0 Å². The molecule has 0 bridgehead atoms. The van der Waals surface area contributed by atoms with Gasteiger partial charge in [0.1, 0.15) is 11.6 Å². The van der Waals surface area contributed by atoms with E-state index in [1.807, 2.05) is 13.8 Å². The van der Waals surface area contributed by atoms with Crippen LogP contribution in [0.25, 0.3) is 10.9 Å². The highest BCUT2D eigenvalue weighted by molar-refractivity contribution is 6.32. The predicted octanol–water partition coefficient (Wildman–Crippen LogP) is 4.89. The van der Waals surface area contributed by atoms with E-state index in [-0.39, 0.29) is 11.7 Å². The van der Waals surface area contributed by atoms with Crippen LogP contribution in [0.3, 0.4) is 0 Å². The fraction of sp³-hybridized carbons (Fsp3) is 0.211. The highest BCUT2D eigenvalue weighted by atomic mass is 35.5. The highest BCUT2D eigenvalue weighted by Crippen LogP contribution is 2.33. The number of hydrogen-bond acceptors (Lipinski definition) is 2. The Bertz CT molecular complexity index is 950. The van der Waals surface area contributed by atoms with Crippen LogP contribution in [-0.4, -0.2) is 18.0 Å². The summed E-state index contributed by atoms with van der Waals surface area (Å²) >= 11 is 6.10. The fourth-order valence-corrected chi connectivity index (χ4v) is 3.03. The van der Waals surface area contributed by atoms with Gasteiger partial charge in [0, 0.05) is 22.8 Å². The minimum absolute atomic E-state index is 0.195. The number of rotatable bonds is 4. The molecule has 0 spiro atoms. The van der Waals surface area contributed by atoms with E-state index in [0.717, 1.165) is 10.9 Å². The average Bonchev–Trinajstić information content (AvgIpc) is 2.98. The zero-order chi connectivity index (χ0) is 18.2. The maximum atomic E-state index is 13.4. The van der Waals surface area contributed by atoms with Crippen molar-refractivity contribution in [2.45, 2.75) is 19.3 Å². The molecule has 3 aromatic rings. The van der Waals surface area contributed by atoms with E-state index in [9.17, 15) is 9.18 Å². The third-order valence-corrected chi connectivity index (χ3v) is 4.59. The van der Waals surface area contributed by atoms with Crippen LogP contribution in [0.15, 0.2) is 42.6 Å². The number of hydrogen-bond donors (Lipinski definition) is 2. The smallest absolute Gasteiger partial charge is 0.234 e. The topological polar surface area (TPSA) is 54.1 Å². The molecule has 25 heavy (non-hydrogen) atoms. The summed E-state index contributed by atoms with van der Waals surface area (Å²) in [6, 6.07) is 9.53. The molecule has 1 amide bonds. The standard InChI is InChI=1S/C19H18ClFN2O2/c1-19(2,14-10-22-16-8-11(21)4-6-13(14)16)18(24)23-12-5-7-17(25-3)15(20)9-12/h4-10,22H,1-3H3,(H,23,24). The Labute approximate surface area is 149 Å². The molecule has 2 N–H and O–H groups in total. The number of aromatic nitrogens is 1. The maximum absolute atomic E-state index is 13.4. The van der Waals surface area contributed by atoms with E-state index in [0.29, 0.717) is 22.0 Å². The Balaban J connectivity index is 1.90. The zero-order valence-corrected chi connectivity index (χ0v) is 14.9. The lowest BCUT2D eigenvalue weighted by molar-refractivity contribution is -0.120. The summed E-state index contributed by atoms with van der Waals surface area (Å²) in [7, 11) is 1.53. The van der Waals surface area contributed by atoms with Gasteiger partial charge in [0.25, 0.3) is 0 Å². The lowest BCUT2D eigenvalue weighted by Crippen LogP contribution is -2.34. The number of halogens is 2. The Morgan fingerprint density at radius 2 is 2.00 bits per heavy atom. The number of amides is 1. The zero-order valence-electron chi connectivity index (χ0n) is 14.1. The summed E-state index contributed by atoms with van der Waals surface area (Å²) in [5.41, 5.74) is 1.19. The van der Waals surface area contributed by atoms with Gasteiger partial charge >= 0.3 is 0 Å². The summed E-state index contributed by atoms with van der Waals surface area (Å²) in [5.74, 6) is 0.0209. The number of carbonyl (C=O) groups excluding carboxylic acids is 1. The van der Waals surface area contributed by atoms with Crippen molar-refractivity contribution in [2.24, 2.45) is 0 Å². The van der Waals surface area contributed by atoms with Gasteiger partial charge in [0.05, 0.1) is 17.5 Å². The SMILES string of the molecule is COc1ccc(NC(=O)C(C)(C)c2c[nH]c3cc(F)ccc23)cc1Cl. The first-order valence-corrected chi connectivity index (χ1v) is 8.13. The molecule has 0 fully saturated rings. The van der Waals surface area contributed by atoms with Crippen LogP contribution < -0.4 is 10.1 Å². The molecular formula is C19H18ClFN2O2. The molecular weight excluding hydrogens is 343 g/mol. The maximum Gasteiger partial charge on any atom is 0.234 e. The first kappa shape index (κ1) is 17.3. The van der Waals surface area contributed by atoms with Gasteiger partial charge in [-0.15, -0.1) is 0 Å². The third kappa shape index (κ3) is 3.20. The first-order chi connectivity index (χ1) is 11.8. The van der Waals surface area contributed by atoms with E-state index in [1.165, 1.54) is 19.2 Å². The molecule has 4 nitrogen and oxygen atoms in total. The molecule has 0 aliphatic rings. The monoisotopic (exact) mass is 360 g/mol. The van der Waals surface area contributed by atoms with E-state index in [4.69, 9.17) is 16.3 Å². The van der Waals surface area contributed by atoms with Gasteiger partial charge in [-0.1, -0.05) is 11.6 Å². The summed E-state index contributed by atoms with van der Waals surface area (Å²) < 4.78 is 18.5. The minimum Gasteiger partial charge on any atom is -0.495 e. The molecule has 6 heteroatoms. The third-order valence-electron chi connectivity index (χ3n) is 4.29. The molecule has 0 atom stereocenters. The summed E-state index contributed by atoms with van der Waals surface area (Å²) in [6.07, 6.45) is 1.74. The van der Waals surface area contributed by atoms with E-state index < -0.39 is 5.41 Å². The molecule has 0 saturated carbocycles. The lowest BCUT2D eigenvalue weighted by atomic mass is 9.83. The van der Waals surface area contributed by atoms with E-state index in [2.05, 4.69) is 10.3 Å². The second-order valence-electron chi connectivity index (χ2n) is 6.32. The molecule has 1 aromatic heterocycles. The van der Waals surface area contributed by atoms with E-state index >= 15 is 0 Å². The van der Waals surface area contributed by atoms with Crippen molar-refractivity contribution in [3.8, 4) is 5.75 Å². The van der Waals surface area contributed by atoms with Gasteiger partial charge in [-0.25, -0.2) is 4.39 Å². The largest absolute Gasteiger partial charge is 0.495 e. The predicted molar refractivity (Wildman–Crippen MR) is 97.9 cm³/mol. The van der Waals surface area contributed by atoms with Crippen LogP contribution >= 0.6 is 11.6 Å². The number of fused-ring (bicyclic) bond motifs is 1. The normalized spacial score (nSPS) is 11.6. The van der Waals surface area contributed by atoms with Crippen molar-refractivity contribution in [1.82, 2.24) is 4.98 Å². The van der Waals surface area contributed by atoms with Crippen LogP contribution in [-0.2, 0) is 10.2 Å². The highest BCUT2D eigenvalue weighted by Gasteiger charge is 2.32. The Morgan fingerprint density at radius 1 is 1.24 bits per heavy atom. The molecule has 0 aliphatic heterocycles. The Hall–Kier alpha value is -2.53. The first-order valence-electron chi connectivity index (χ1n) is 7.75. The van der Waals surface area contributed by atoms with Crippen molar-refractivity contribution in [3.63, 3.8) is 0 Å². The van der Waals surface area contributed by atoms with Gasteiger partial charge in [-0.3, -0.25) is 4.79 Å². The number of carbonyl (C=O) groups is 1. The van der Waals surface area contributed by atoms with Crippen LogP contribution in [0.5, 0.6) is 5.75 Å². The average molecular weight is 361 g/mol. The second kappa shape index (κ2) is 6.41.